The summed E-state index contributed by atoms with van der Waals surface area (Å²) in [6, 6.07) is 12.0. The summed E-state index contributed by atoms with van der Waals surface area (Å²) in [7, 11) is 0. The first-order valence-electron chi connectivity index (χ1n) is 9.25. The Labute approximate surface area is 160 Å². The van der Waals surface area contributed by atoms with Crippen molar-refractivity contribution in [3.63, 3.8) is 0 Å². The van der Waals surface area contributed by atoms with Gasteiger partial charge in [-0.15, -0.1) is 0 Å². The molecule has 2 aromatic rings. The van der Waals surface area contributed by atoms with Crippen molar-refractivity contribution in [3.8, 4) is 11.8 Å². The van der Waals surface area contributed by atoms with E-state index in [2.05, 4.69) is 16.3 Å². The quantitative estimate of drug-likeness (QED) is 0.903. The Morgan fingerprint density at radius 1 is 1.22 bits per heavy atom. The lowest BCUT2D eigenvalue weighted by Gasteiger charge is -2.34. The minimum Gasteiger partial charge on any atom is -0.373 e. The minimum absolute atomic E-state index is 0.105. The van der Waals surface area contributed by atoms with Gasteiger partial charge in [-0.1, -0.05) is 18.2 Å². The maximum Gasteiger partial charge on any atom is 0.239 e. The summed E-state index contributed by atoms with van der Waals surface area (Å²) in [5.74, 6) is 0.417. The summed E-state index contributed by atoms with van der Waals surface area (Å²) in [5, 5.41) is 12.6. The lowest BCUT2D eigenvalue weighted by molar-refractivity contribution is -0.121. The van der Waals surface area contributed by atoms with Crippen LogP contribution in [0.1, 0.15) is 30.7 Å². The number of benzene rings is 1. The fraction of sp³-hybridized carbons (Fsp3) is 0.429. The number of hydrogen-bond donors (Lipinski definition) is 1. The number of nitrogens with one attached hydrogen (secondary N) is 1. The molecule has 1 N–H and O–H groups in total. The number of nitriles is 1. The average molecular weight is 366 g/mol. The van der Waals surface area contributed by atoms with Crippen LogP contribution >= 0.6 is 0 Å². The first-order valence-corrected chi connectivity index (χ1v) is 9.25. The van der Waals surface area contributed by atoms with E-state index in [1.807, 2.05) is 62.6 Å². The highest BCUT2D eigenvalue weighted by Crippen LogP contribution is 2.29. The first kappa shape index (κ1) is 19.2. The number of aromatic nitrogens is 1. The summed E-state index contributed by atoms with van der Waals surface area (Å²) < 4.78 is 7.67. The number of para-hydroxylation sites is 1. The van der Waals surface area contributed by atoms with E-state index in [0.717, 1.165) is 30.0 Å². The van der Waals surface area contributed by atoms with Crippen molar-refractivity contribution in [2.75, 3.05) is 25.0 Å². The standard InChI is InChI=1S/C21H26N4O2/c1-14-11-24(12-15(2)27-14)13-20(26)23-21-19(10-22)16(3)17(4)25(21)18-8-6-5-7-9-18/h5-9,14-15H,11-13H2,1-4H3,(H,23,26)/t14-,15+. The zero-order valence-electron chi connectivity index (χ0n) is 16.3. The van der Waals surface area contributed by atoms with Crippen molar-refractivity contribution < 1.29 is 9.53 Å². The van der Waals surface area contributed by atoms with Crippen LogP contribution in [0.2, 0.25) is 0 Å². The Bertz CT molecular complexity index is 857. The lowest BCUT2D eigenvalue weighted by atomic mass is 10.2. The molecule has 27 heavy (non-hydrogen) atoms. The molecular formula is C21H26N4O2. The van der Waals surface area contributed by atoms with E-state index in [9.17, 15) is 10.1 Å². The summed E-state index contributed by atoms with van der Waals surface area (Å²) in [6.45, 7) is 9.63. The van der Waals surface area contributed by atoms with Gasteiger partial charge in [0.25, 0.3) is 0 Å². The number of hydrogen-bond acceptors (Lipinski definition) is 4. The van der Waals surface area contributed by atoms with E-state index in [1.165, 1.54) is 0 Å². The van der Waals surface area contributed by atoms with Gasteiger partial charge in [0.15, 0.2) is 0 Å². The molecule has 1 amide bonds. The minimum atomic E-state index is -0.123. The predicted octanol–water partition coefficient (Wildman–Crippen LogP) is 3.01. The van der Waals surface area contributed by atoms with Crippen LogP contribution in [0.5, 0.6) is 0 Å². The van der Waals surface area contributed by atoms with Crippen molar-refractivity contribution in [1.82, 2.24) is 9.47 Å². The summed E-state index contributed by atoms with van der Waals surface area (Å²) in [4.78, 5) is 14.8. The molecule has 2 heterocycles. The summed E-state index contributed by atoms with van der Waals surface area (Å²) in [5.41, 5.74) is 3.25. The number of carbonyl (C=O) groups is 1. The maximum atomic E-state index is 12.7. The summed E-state index contributed by atoms with van der Waals surface area (Å²) >= 11 is 0. The lowest BCUT2D eigenvalue weighted by Crippen LogP contribution is -2.48. The van der Waals surface area contributed by atoms with Crippen LogP contribution in [0.4, 0.5) is 5.82 Å². The van der Waals surface area contributed by atoms with Crippen LogP contribution in [0.3, 0.4) is 0 Å². The molecule has 142 valence electrons. The van der Waals surface area contributed by atoms with Gasteiger partial charge in [0, 0.05) is 24.5 Å². The van der Waals surface area contributed by atoms with Gasteiger partial charge in [0.1, 0.15) is 11.9 Å². The van der Waals surface area contributed by atoms with E-state index in [0.29, 0.717) is 11.4 Å². The van der Waals surface area contributed by atoms with E-state index >= 15 is 0 Å². The zero-order chi connectivity index (χ0) is 19.6. The van der Waals surface area contributed by atoms with Crippen LogP contribution in [-0.2, 0) is 9.53 Å². The topological polar surface area (TPSA) is 70.3 Å². The first-order chi connectivity index (χ1) is 12.9. The molecule has 3 rings (SSSR count). The van der Waals surface area contributed by atoms with Crippen LogP contribution in [0.25, 0.3) is 5.69 Å². The van der Waals surface area contributed by atoms with E-state index in [4.69, 9.17) is 4.74 Å². The van der Waals surface area contributed by atoms with Crippen LogP contribution < -0.4 is 5.32 Å². The van der Waals surface area contributed by atoms with Gasteiger partial charge in [0.05, 0.1) is 24.3 Å². The second kappa shape index (κ2) is 7.95. The van der Waals surface area contributed by atoms with Crippen molar-refractivity contribution >= 4 is 11.7 Å². The third-order valence-electron chi connectivity index (χ3n) is 4.96. The molecule has 6 heteroatoms. The molecule has 1 saturated heterocycles. The SMILES string of the molecule is Cc1c(C#N)c(NC(=O)CN2C[C@@H](C)O[C@@H](C)C2)n(-c2ccccc2)c1C. The molecule has 6 nitrogen and oxygen atoms in total. The fourth-order valence-corrected chi connectivity index (χ4v) is 3.75. The van der Waals surface area contributed by atoms with E-state index in [1.54, 1.807) is 0 Å². The zero-order valence-corrected chi connectivity index (χ0v) is 16.3. The molecular weight excluding hydrogens is 340 g/mol. The highest BCUT2D eigenvalue weighted by Gasteiger charge is 2.25. The highest BCUT2D eigenvalue weighted by atomic mass is 16.5. The normalized spacial score (nSPS) is 20.3. The maximum absolute atomic E-state index is 12.7. The highest BCUT2D eigenvalue weighted by molar-refractivity contribution is 5.93. The third-order valence-corrected chi connectivity index (χ3v) is 4.96. The molecule has 0 aliphatic carbocycles. The van der Waals surface area contributed by atoms with Crippen molar-refractivity contribution in [2.45, 2.75) is 39.9 Å². The van der Waals surface area contributed by atoms with Gasteiger partial charge >= 0.3 is 0 Å². The number of anilines is 1. The number of ether oxygens (including phenoxy) is 1. The third kappa shape index (κ3) is 4.05. The molecule has 1 aromatic heterocycles. The molecule has 1 aromatic carbocycles. The number of morpholine rings is 1. The largest absolute Gasteiger partial charge is 0.373 e. The molecule has 0 saturated carbocycles. The Balaban J connectivity index is 1.87. The Hall–Kier alpha value is -2.62. The molecule has 0 unspecified atom stereocenters. The molecule has 2 atom stereocenters. The van der Waals surface area contributed by atoms with Gasteiger partial charge in [-0.3, -0.25) is 14.3 Å². The van der Waals surface area contributed by atoms with Gasteiger partial charge in [0.2, 0.25) is 5.91 Å². The number of carbonyl (C=O) groups excluding carboxylic acids is 1. The number of rotatable bonds is 4. The van der Waals surface area contributed by atoms with Gasteiger partial charge in [-0.25, -0.2) is 0 Å². The predicted molar refractivity (Wildman–Crippen MR) is 105 cm³/mol. The number of nitrogens with zero attached hydrogens (tertiary/aromatic N) is 3. The van der Waals surface area contributed by atoms with E-state index < -0.39 is 0 Å². The van der Waals surface area contributed by atoms with Gasteiger partial charge in [-0.05, 0) is 45.4 Å². The van der Waals surface area contributed by atoms with Crippen molar-refractivity contribution in [1.29, 1.82) is 5.26 Å². The Kier molecular flexibility index (Phi) is 5.64. The molecule has 1 fully saturated rings. The van der Waals surface area contributed by atoms with Gasteiger partial charge in [-0.2, -0.15) is 5.26 Å². The average Bonchev–Trinajstić information content (AvgIpc) is 2.84. The fourth-order valence-electron chi connectivity index (χ4n) is 3.75. The second-order valence-electron chi connectivity index (χ2n) is 7.22. The van der Waals surface area contributed by atoms with Gasteiger partial charge < -0.3 is 10.1 Å². The molecule has 0 radical (unpaired) electrons. The molecule has 1 aliphatic heterocycles. The van der Waals surface area contributed by atoms with E-state index in [-0.39, 0.29) is 24.7 Å². The molecule has 0 bridgehead atoms. The summed E-state index contributed by atoms with van der Waals surface area (Å²) in [6.07, 6.45) is 0.211. The monoisotopic (exact) mass is 366 g/mol. The second-order valence-corrected chi connectivity index (χ2v) is 7.22. The Morgan fingerprint density at radius 3 is 2.44 bits per heavy atom. The Morgan fingerprint density at radius 2 is 1.85 bits per heavy atom. The van der Waals surface area contributed by atoms with Crippen LogP contribution in [-0.4, -0.2) is 47.2 Å². The van der Waals surface area contributed by atoms with Crippen LogP contribution in [0, 0.1) is 25.2 Å². The molecule has 1 aliphatic rings. The number of amides is 1. The smallest absolute Gasteiger partial charge is 0.239 e. The van der Waals surface area contributed by atoms with Crippen LogP contribution in [0.15, 0.2) is 30.3 Å². The van der Waals surface area contributed by atoms with Crippen molar-refractivity contribution in [2.24, 2.45) is 0 Å². The van der Waals surface area contributed by atoms with Crippen molar-refractivity contribution in [3.05, 3.63) is 47.2 Å². The molecule has 0 spiro atoms.